The molecule has 0 unspecified atom stereocenters. The van der Waals surface area contributed by atoms with Crippen molar-refractivity contribution < 1.29 is 4.39 Å². The molecule has 2 aromatic heterocycles. The van der Waals surface area contributed by atoms with Crippen molar-refractivity contribution in [3.63, 3.8) is 0 Å². The Kier molecular flexibility index (Phi) is 5.76. The summed E-state index contributed by atoms with van der Waals surface area (Å²) in [6.45, 7) is 4.06. The Balaban J connectivity index is 1.34. The van der Waals surface area contributed by atoms with E-state index in [1.54, 1.807) is 12.3 Å². The van der Waals surface area contributed by atoms with Crippen LogP contribution in [0.25, 0.3) is 0 Å². The standard InChI is InChI=1S/C24H27ClFN5/c1-14-8-17(21(26)12-19(14)15-4-6-27-7-5-15)9-24-28-13-20(25)23(29-24)11-18-10-22(31-30-18)16-2-3-16/h8,10,12-13,15-16,27H,2-7,9,11H2,1H3,(H,30,31). The van der Waals surface area contributed by atoms with E-state index in [1.807, 2.05) is 6.07 Å². The number of H-pyrrole nitrogens is 1. The minimum Gasteiger partial charge on any atom is -0.317 e. The van der Waals surface area contributed by atoms with Crippen molar-refractivity contribution >= 4 is 11.6 Å². The molecule has 0 radical (unpaired) electrons. The molecule has 7 heteroatoms. The SMILES string of the molecule is Cc1cc(Cc2ncc(Cl)c(Cc3cc(C4CC4)n[nH]3)n2)c(F)cc1C1CCNCC1. The molecule has 2 aliphatic rings. The summed E-state index contributed by atoms with van der Waals surface area (Å²) in [6.07, 6.45) is 7.06. The van der Waals surface area contributed by atoms with Crippen LogP contribution in [0, 0.1) is 12.7 Å². The zero-order valence-electron chi connectivity index (χ0n) is 17.7. The largest absolute Gasteiger partial charge is 0.317 e. The molecule has 0 bridgehead atoms. The topological polar surface area (TPSA) is 66.5 Å². The highest BCUT2D eigenvalue weighted by atomic mass is 35.5. The molecule has 1 saturated carbocycles. The third-order valence-corrected chi connectivity index (χ3v) is 6.75. The fourth-order valence-electron chi connectivity index (χ4n) is 4.53. The second-order valence-corrected chi connectivity index (χ2v) is 9.26. The molecule has 2 N–H and O–H groups in total. The summed E-state index contributed by atoms with van der Waals surface area (Å²) in [5.41, 5.74) is 5.74. The first-order valence-corrected chi connectivity index (χ1v) is 11.5. The van der Waals surface area contributed by atoms with Crippen LogP contribution in [0.2, 0.25) is 5.02 Å². The number of benzene rings is 1. The van der Waals surface area contributed by atoms with Gasteiger partial charge < -0.3 is 5.32 Å². The number of halogens is 2. The molecule has 0 amide bonds. The van der Waals surface area contributed by atoms with E-state index in [0.717, 1.165) is 54.1 Å². The van der Waals surface area contributed by atoms with E-state index in [9.17, 15) is 4.39 Å². The van der Waals surface area contributed by atoms with Crippen molar-refractivity contribution in [1.29, 1.82) is 0 Å². The van der Waals surface area contributed by atoms with Crippen molar-refractivity contribution in [1.82, 2.24) is 25.5 Å². The van der Waals surface area contributed by atoms with Gasteiger partial charge in [0.25, 0.3) is 0 Å². The smallest absolute Gasteiger partial charge is 0.133 e. The molecule has 1 aliphatic heterocycles. The van der Waals surface area contributed by atoms with Crippen molar-refractivity contribution in [3.05, 3.63) is 74.8 Å². The summed E-state index contributed by atoms with van der Waals surface area (Å²) in [4.78, 5) is 9.01. The van der Waals surface area contributed by atoms with E-state index in [0.29, 0.717) is 41.1 Å². The fraction of sp³-hybridized carbons (Fsp3) is 0.458. The molecule has 5 rings (SSSR count). The van der Waals surface area contributed by atoms with Crippen LogP contribution in [-0.4, -0.2) is 33.3 Å². The fourth-order valence-corrected chi connectivity index (χ4v) is 4.68. The van der Waals surface area contributed by atoms with Gasteiger partial charge in [-0.3, -0.25) is 5.10 Å². The Hall–Kier alpha value is -2.31. The lowest BCUT2D eigenvalue weighted by Gasteiger charge is -2.25. The molecular weight excluding hydrogens is 413 g/mol. The number of hydrogen-bond acceptors (Lipinski definition) is 4. The van der Waals surface area contributed by atoms with E-state index >= 15 is 0 Å². The average Bonchev–Trinajstić information content (AvgIpc) is 3.52. The molecule has 2 fully saturated rings. The van der Waals surface area contributed by atoms with Gasteiger partial charge in [0.15, 0.2) is 0 Å². The van der Waals surface area contributed by atoms with Crippen LogP contribution < -0.4 is 5.32 Å². The van der Waals surface area contributed by atoms with Gasteiger partial charge in [0, 0.05) is 30.7 Å². The van der Waals surface area contributed by atoms with Crippen LogP contribution in [0.5, 0.6) is 0 Å². The molecule has 3 heterocycles. The van der Waals surface area contributed by atoms with Crippen molar-refractivity contribution in [3.8, 4) is 0 Å². The lowest BCUT2D eigenvalue weighted by molar-refractivity contribution is 0.457. The highest BCUT2D eigenvalue weighted by molar-refractivity contribution is 6.31. The molecule has 5 nitrogen and oxygen atoms in total. The van der Waals surface area contributed by atoms with E-state index in [1.165, 1.54) is 12.8 Å². The first-order valence-electron chi connectivity index (χ1n) is 11.1. The van der Waals surface area contributed by atoms with Crippen LogP contribution in [0.4, 0.5) is 4.39 Å². The summed E-state index contributed by atoms with van der Waals surface area (Å²) in [5.74, 6) is 1.43. The number of hydrogen-bond donors (Lipinski definition) is 2. The summed E-state index contributed by atoms with van der Waals surface area (Å²) in [5, 5.41) is 11.4. The highest BCUT2D eigenvalue weighted by Crippen LogP contribution is 2.39. The van der Waals surface area contributed by atoms with Gasteiger partial charge in [0.1, 0.15) is 11.6 Å². The zero-order valence-corrected chi connectivity index (χ0v) is 18.5. The Morgan fingerprint density at radius 2 is 1.87 bits per heavy atom. The van der Waals surface area contributed by atoms with Crippen molar-refractivity contribution in [2.24, 2.45) is 0 Å². The summed E-state index contributed by atoms with van der Waals surface area (Å²) in [6, 6.07) is 5.78. The van der Waals surface area contributed by atoms with Gasteiger partial charge in [-0.25, -0.2) is 14.4 Å². The number of nitrogens with zero attached hydrogens (tertiary/aromatic N) is 3. The Labute approximate surface area is 186 Å². The highest BCUT2D eigenvalue weighted by Gasteiger charge is 2.26. The lowest BCUT2D eigenvalue weighted by Crippen LogP contribution is -2.27. The van der Waals surface area contributed by atoms with Gasteiger partial charge in [-0.2, -0.15) is 5.10 Å². The van der Waals surface area contributed by atoms with Crippen LogP contribution in [0.3, 0.4) is 0 Å². The van der Waals surface area contributed by atoms with Gasteiger partial charge >= 0.3 is 0 Å². The maximum Gasteiger partial charge on any atom is 0.133 e. The second-order valence-electron chi connectivity index (χ2n) is 8.85. The molecule has 0 spiro atoms. The molecule has 1 aromatic carbocycles. The van der Waals surface area contributed by atoms with Crippen LogP contribution in [0.15, 0.2) is 24.4 Å². The van der Waals surface area contributed by atoms with Crippen molar-refractivity contribution in [2.45, 2.75) is 57.3 Å². The van der Waals surface area contributed by atoms with Gasteiger partial charge in [0.05, 0.1) is 16.4 Å². The van der Waals surface area contributed by atoms with Crippen LogP contribution in [0.1, 0.15) is 77.1 Å². The zero-order chi connectivity index (χ0) is 21.4. The molecule has 31 heavy (non-hydrogen) atoms. The van der Waals surface area contributed by atoms with Crippen LogP contribution in [-0.2, 0) is 12.8 Å². The molecular formula is C24H27ClFN5. The van der Waals surface area contributed by atoms with E-state index in [4.69, 9.17) is 11.6 Å². The van der Waals surface area contributed by atoms with Gasteiger partial charge in [0.2, 0.25) is 0 Å². The monoisotopic (exact) mass is 439 g/mol. The predicted molar refractivity (Wildman–Crippen MR) is 119 cm³/mol. The van der Waals surface area contributed by atoms with E-state index in [2.05, 4.69) is 38.5 Å². The molecule has 3 aromatic rings. The number of piperidine rings is 1. The first-order chi connectivity index (χ1) is 15.1. The Morgan fingerprint density at radius 3 is 2.65 bits per heavy atom. The number of aromatic nitrogens is 4. The van der Waals surface area contributed by atoms with Crippen molar-refractivity contribution in [2.75, 3.05) is 13.1 Å². The quantitative estimate of drug-likeness (QED) is 0.577. The van der Waals surface area contributed by atoms with Gasteiger partial charge in [-0.05, 0) is 80.4 Å². The molecule has 0 atom stereocenters. The van der Waals surface area contributed by atoms with E-state index < -0.39 is 0 Å². The van der Waals surface area contributed by atoms with Crippen LogP contribution >= 0.6 is 11.6 Å². The van der Waals surface area contributed by atoms with E-state index in [-0.39, 0.29) is 5.82 Å². The van der Waals surface area contributed by atoms with Gasteiger partial charge in [-0.1, -0.05) is 17.7 Å². The molecule has 162 valence electrons. The number of nitrogens with one attached hydrogen (secondary N) is 2. The minimum absolute atomic E-state index is 0.179. The average molecular weight is 440 g/mol. The molecule has 1 saturated heterocycles. The maximum atomic E-state index is 15.0. The van der Waals surface area contributed by atoms with Gasteiger partial charge in [-0.15, -0.1) is 0 Å². The third kappa shape index (κ3) is 4.65. The second kappa shape index (κ2) is 8.67. The lowest BCUT2D eigenvalue weighted by atomic mass is 9.86. The number of aromatic amines is 1. The maximum absolute atomic E-state index is 15.0. The normalized spacial score (nSPS) is 17.3. The summed E-state index contributed by atoms with van der Waals surface area (Å²) in [7, 11) is 0. The number of aryl methyl sites for hydroxylation is 1. The minimum atomic E-state index is -0.179. The summed E-state index contributed by atoms with van der Waals surface area (Å²) >= 11 is 6.36. The first kappa shape index (κ1) is 20.6. The number of rotatable bonds is 6. The predicted octanol–water partition coefficient (Wildman–Crippen LogP) is 4.83. The summed E-state index contributed by atoms with van der Waals surface area (Å²) < 4.78 is 15.0. The Morgan fingerprint density at radius 1 is 1.06 bits per heavy atom. The Bertz CT molecular complexity index is 1090. The molecule has 1 aliphatic carbocycles. The third-order valence-electron chi connectivity index (χ3n) is 6.43.